The highest BCUT2D eigenvalue weighted by molar-refractivity contribution is 7.13. The van der Waals surface area contributed by atoms with E-state index < -0.39 is 30.0 Å². The largest absolute Gasteiger partial charge is 0.500 e. The van der Waals surface area contributed by atoms with Crippen molar-refractivity contribution in [3.63, 3.8) is 0 Å². The molecule has 1 aliphatic heterocycles. The van der Waals surface area contributed by atoms with Gasteiger partial charge >= 0.3 is 7.12 Å². The molecule has 0 bridgehead atoms. The zero-order valence-electron chi connectivity index (χ0n) is 15.3. The van der Waals surface area contributed by atoms with Gasteiger partial charge in [-0.3, -0.25) is 5.43 Å². The number of aryl methyl sites for hydroxylation is 1. The Morgan fingerprint density at radius 2 is 1.73 bits per heavy atom. The molecule has 0 aliphatic carbocycles. The molecule has 0 saturated carbocycles. The van der Waals surface area contributed by atoms with Crippen molar-refractivity contribution in [2.24, 2.45) is 5.10 Å². The van der Waals surface area contributed by atoms with Crippen LogP contribution in [-0.4, -0.2) is 29.5 Å². The maximum absolute atomic E-state index is 14.5. The number of benzene rings is 1. The Bertz CT molecular complexity index is 815. The normalized spacial score (nSPS) is 18.7. The SMILES string of the molecule is Cc1csc(NN=Cc2cc(F)c(B3OC(C)(C)C(C)(C)O3)c(F)c2)n1. The Kier molecular flexibility index (Phi) is 4.89. The van der Waals surface area contributed by atoms with E-state index in [1.54, 1.807) is 0 Å². The first-order chi connectivity index (χ1) is 12.1. The molecule has 1 saturated heterocycles. The van der Waals surface area contributed by atoms with Gasteiger partial charge in [0.2, 0.25) is 5.13 Å². The Balaban J connectivity index is 1.79. The summed E-state index contributed by atoms with van der Waals surface area (Å²) in [5.74, 6) is -1.48. The molecule has 0 amide bonds. The molecule has 9 heteroatoms. The van der Waals surface area contributed by atoms with Gasteiger partial charge in [0, 0.05) is 10.9 Å². The van der Waals surface area contributed by atoms with Crippen molar-refractivity contribution in [1.82, 2.24) is 4.98 Å². The quantitative estimate of drug-likeness (QED) is 0.502. The number of aromatic nitrogens is 1. The third-order valence-electron chi connectivity index (χ3n) is 4.58. The zero-order chi connectivity index (χ0) is 19.1. The van der Waals surface area contributed by atoms with E-state index >= 15 is 0 Å². The lowest BCUT2D eigenvalue weighted by Gasteiger charge is -2.32. The van der Waals surface area contributed by atoms with E-state index in [0.717, 1.165) is 5.69 Å². The Labute approximate surface area is 155 Å². The van der Waals surface area contributed by atoms with E-state index in [9.17, 15) is 8.78 Å². The summed E-state index contributed by atoms with van der Waals surface area (Å²) in [5, 5.41) is 6.43. The average molecular weight is 379 g/mol. The maximum Gasteiger partial charge on any atom is 0.500 e. The molecule has 1 aromatic heterocycles. The maximum atomic E-state index is 14.5. The number of hydrogen-bond acceptors (Lipinski definition) is 6. The second kappa shape index (κ2) is 6.72. The summed E-state index contributed by atoms with van der Waals surface area (Å²) in [6.45, 7) is 9.18. The highest BCUT2D eigenvalue weighted by atomic mass is 32.1. The van der Waals surface area contributed by atoms with Crippen molar-refractivity contribution in [3.05, 3.63) is 40.4 Å². The third-order valence-corrected chi connectivity index (χ3v) is 5.45. The van der Waals surface area contributed by atoms with Gasteiger partial charge in [-0.1, -0.05) is 0 Å². The summed E-state index contributed by atoms with van der Waals surface area (Å²) in [6, 6.07) is 2.39. The summed E-state index contributed by atoms with van der Waals surface area (Å²) in [7, 11) is -1.09. The summed E-state index contributed by atoms with van der Waals surface area (Å²) >= 11 is 1.39. The number of hydrazone groups is 1. The summed E-state index contributed by atoms with van der Waals surface area (Å²) in [5.41, 5.74) is 2.30. The van der Waals surface area contributed by atoms with Crippen LogP contribution in [0.1, 0.15) is 39.0 Å². The first kappa shape index (κ1) is 18.9. The number of nitrogens with zero attached hydrogens (tertiary/aromatic N) is 2. The van der Waals surface area contributed by atoms with Crippen LogP contribution in [0.15, 0.2) is 22.6 Å². The third kappa shape index (κ3) is 3.65. The number of rotatable bonds is 4. The molecule has 0 spiro atoms. The number of halogens is 2. The molecule has 0 atom stereocenters. The smallest absolute Gasteiger partial charge is 0.399 e. The predicted octanol–water partition coefficient (Wildman–Crippen LogP) is 3.47. The molecule has 138 valence electrons. The fourth-order valence-corrected chi connectivity index (χ4v) is 3.07. The van der Waals surface area contributed by atoms with Crippen LogP contribution >= 0.6 is 11.3 Å². The van der Waals surface area contributed by atoms with Crippen molar-refractivity contribution in [3.8, 4) is 0 Å². The molecule has 5 nitrogen and oxygen atoms in total. The number of thiazole rings is 1. The average Bonchev–Trinajstić information content (AvgIpc) is 2.99. The summed E-state index contributed by atoms with van der Waals surface area (Å²) in [6.07, 6.45) is 1.33. The van der Waals surface area contributed by atoms with Gasteiger partial charge < -0.3 is 9.31 Å². The lowest BCUT2D eigenvalue weighted by Crippen LogP contribution is -2.41. The minimum absolute atomic E-state index is 0.232. The molecule has 0 unspecified atom stereocenters. The first-order valence-corrected chi connectivity index (χ1v) is 9.03. The first-order valence-electron chi connectivity index (χ1n) is 8.15. The number of anilines is 1. The van der Waals surface area contributed by atoms with Crippen LogP contribution in [0.3, 0.4) is 0 Å². The topological polar surface area (TPSA) is 55.7 Å². The van der Waals surface area contributed by atoms with Crippen LogP contribution < -0.4 is 10.9 Å². The van der Waals surface area contributed by atoms with Gasteiger partial charge in [0.15, 0.2) is 0 Å². The van der Waals surface area contributed by atoms with Crippen LogP contribution in [0.4, 0.5) is 13.9 Å². The summed E-state index contributed by atoms with van der Waals surface area (Å²) in [4.78, 5) is 4.18. The van der Waals surface area contributed by atoms with Gasteiger partial charge in [0.25, 0.3) is 0 Å². The van der Waals surface area contributed by atoms with E-state index in [1.807, 2.05) is 40.0 Å². The van der Waals surface area contributed by atoms with E-state index in [0.29, 0.717) is 5.13 Å². The molecule has 2 heterocycles. The summed E-state index contributed by atoms with van der Waals surface area (Å²) < 4.78 is 40.5. The minimum atomic E-state index is -1.09. The highest BCUT2D eigenvalue weighted by Gasteiger charge is 2.53. The molecule has 26 heavy (non-hydrogen) atoms. The van der Waals surface area contributed by atoms with Crippen molar-refractivity contribution >= 4 is 35.3 Å². The van der Waals surface area contributed by atoms with Gasteiger partial charge in [0.1, 0.15) is 11.6 Å². The van der Waals surface area contributed by atoms with Crippen molar-refractivity contribution in [2.45, 2.75) is 45.8 Å². The van der Waals surface area contributed by atoms with Crippen LogP contribution in [0.25, 0.3) is 0 Å². The molecule has 1 fully saturated rings. The molecule has 3 rings (SSSR count). The molecule has 0 radical (unpaired) electrons. The molecule has 1 N–H and O–H groups in total. The van der Waals surface area contributed by atoms with Gasteiger partial charge in [0.05, 0.1) is 28.6 Å². The van der Waals surface area contributed by atoms with Gasteiger partial charge in [-0.25, -0.2) is 13.8 Å². The van der Waals surface area contributed by atoms with Crippen LogP contribution in [0.2, 0.25) is 0 Å². The zero-order valence-corrected chi connectivity index (χ0v) is 16.1. The van der Waals surface area contributed by atoms with Crippen molar-refractivity contribution < 1.29 is 18.1 Å². The van der Waals surface area contributed by atoms with E-state index in [2.05, 4.69) is 15.5 Å². The Hall–Kier alpha value is -1.84. The monoisotopic (exact) mass is 379 g/mol. The van der Waals surface area contributed by atoms with Crippen molar-refractivity contribution in [2.75, 3.05) is 5.43 Å². The minimum Gasteiger partial charge on any atom is -0.399 e. The lowest BCUT2D eigenvalue weighted by atomic mass is 9.77. The van der Waals surface area contributed by atoms with Crippen LogP contribution in [0, 0.1) is 18.6 Å². The van der Waals surface area contributed by atoms with Gasteiger partial charge in [-0.05, 0) is 46.8 Å². The molecular formula is C17H20BF2N3O2S. The second-order valence-electron chi connectivity index (χ2n) is 7.15. The fourth-order valence-electron chi connectivity index (χ4n) is 2.43. The van der Waals surface area contributed by atoms with E-state index in [4.69, 9.17) is 9.31 Å². The lowest BCUT2D eigenvalue weighted by molar-refractivity contribution is 0.00578. The molecule has 1 aliphatic rings. The van der Waals surface area contributed by atoms with Crippen LogP contribution in [-0.2, 0) is 9.31 Å². The van der Waals surface area contributed by atoms with E-state index in [1.165, 1.54) is 29.7 Å². The van der Waals surface area contributed by atoms with Crippen LogP contribution in [0.5, 0.6) is 0 Å². The highest BCUT2D eigenvalue weighted by Crippen LogP contribution is 2.36. The van der Waals surface area contributed by atoms with Gasteiger partial charge in [-0.15, -0.1) is 11.3 Å². The predicted molar refractivity (Wildman–Crippen MR) is 100 cm³/mol. The second-order valence-corrected chi connectivity index (χ2v) is 8.01. The molecule has 2 aromatic rings. The standard InChI is InChI=1S/C17H20BF2N3O2S/c1-10-9-26-15(22-10)23-21-8-11-6-12(19)14(13(20)7-11)18-24-16(2,3)17(4,5)25-18/h6-9H,1-5H3,(H,22,23). The number of nitrogens with one attached hydrogen (secondary N) is 1. The Morgan fingerprint density at radius 1 is 1.15 bits per heavy atom. The van der Waals surface area contributed by atoms with E-state index in [-0.39, 0.29) is 11.0 Å². The fraction of sp³-hybridized carbons (Fsp3) is 0.412. The molecule has 1 aromatic carbocycles. The van der Waals surface area contributed by atoms with Crippen molar-refractivity contribution in [1.29, 1.82) is 0 Å². The Morgan fingerprint density at radius 3 is 2.23 bits per heavy atom. The molecular weight excluding hydrogens is 359 g/mol. The number of hydrogen-bond donors (Lipinski definition) is 1. The van der Waals surface area contributed by atoms with Gasteiger partial charge in [-0.2, -0.15) is 5.10 Å².